The van der Waals surface area contributed by atoms with Gasteiger partial charge < -0.3 is 14.6 Å². The van der Waals surface area contributed by atoms with Crippen LogP contribution in [0.5, 0.6) is 0 Å². The Balaban J connectivity index is 1.03. The van der Waals surface area contributed by atoms with Crippen LogP contribution in [0.4, 0.5) is 0 Å². The predicted octanol–water partition coefficient (Wildman–Crippen LogP) is 13.4. The Kier molecular flexibility index (Phi) is 8.47. The molecule has 5 heteroatoms. The second-order valence-electron chi connectivity index (χ2n) is 15.9. The standard InChI is InChI=1S/C54H41N3O2/c1-33-24-28-40-35(30-33)25-26-36-31-37(27-29-41(36)40)54(57-53(55)34-12-3-2-4-13-34)56-32-38-14-5-6-15-39(38)42-17-10-23-49-51(42)46-20-9-19-44(52(46)59-49)43-18-11-22-48-50(43)45-16-7-8-21-47(45)58-48/h2-23,25-27,29,31,33H,24,28,30,32H2,1H3,(H2,55,56,57). The summed E-state index contributed by atoms with van der Waals surface area (Å²) in [6.45, 7) is 2.76. The number of nitrogens with two attached hydrogens (primary N) is 1. The van der Waals surface area contributed by atoms with Gasteiger partial charge in [-0.25, -0.2) is 4.99 Å². The summed E-state index contributed by atoms with van der Waals surface area (Å²) in [5.41, 5.74) is 20.3. The van der Waals surface area contributed by atoms with Gasteiger partial charge in [0.2, 0.25) is 0 Å². The van der Waals surface area contributed by atoms with Crippen LogP contribution in [0.15, 0.2) is 183 Å². The van der Waals surface area contributed by atoms with Crippen molar-refractivity contribution in [2.24, 2.45) is 21.6 Å². The van der Waals surface area contributed by atoms with E-state index in [0.717, 1.165) is 102 Å². The van der Waals surface area contributed by atoms with Crippen molar-refractivity contribution in [3.8, 4) is 22.3 Å². The van der Waals surface area contributed by atoms with Crippen molar-refractivity contribution in [2.45, 2.75) is 32.7 Å². The van der Waals surface area contributed by atoms with Crippen LogP contribution in [0.1, 0.15) is 41.2 Å². The molecule has 2 N–H and O–H groups in total. The molecule has 0 saturated carbocycles. The molecule has 0 spiro atoms. The molecule has 1 aliphatic carbocycles. The first-order valence-electron chi connectivity index (χ1n) is 20.5. The van der Waals surface area contributed by atoms with Crippen LogP contribution in [-0.2, 0) is 19.4 Å². The topological polar surface area (TPSA) is 77.0 Å². The molecule has 2 heterocycles. The molecule has 0 aliphatic heterocycles. The first-order chi connectivity index (χ1) is 29.1. The molecular formula is C54H41N3O2. The molecule has 0 amide bonds. The molecule has 8 aromatic carbocycles. The van der Waals surface area contributed by atoms with E-state index in [1.165, 1.54) is 28.3 Å². The summed E-state index contributed by atoms with van der Waals surface area (Å²) in [7, 11) is 0. The van der Waals surface area contributed by atoms with Gasteiger partial charge in [-0.3, -0.25) is 4.99 Å². The third-order valence-corrected chi connectivity index (χ3v) is 12.2. The summed E-state index contributed by atoms with van der Waals surface area (Å²) in [4.78, 5) is 10.3. The maximum atomic E-state index is 6.80. The van der Waals surface area contributed by atoms with Crippen molar-refractivity contribution in [2.75, 3.05) is 0 Å². The molecule has 1 aliphatic rings. The second kappa shape index (κ2) is 14.3. The molecule has 59 heavy (non-hydrogen) atoms. The van der Waals surface area contributed by atoms with Gasteiger partial charge in [-0.2, -0.15) is 0 Å². The highest BCUT2D eigenvalue weighted by Gasteiger charge is 2.21. The number of nitrogens with zero attached hydrogens (tertiary/aromatic N) is 2. The van der Waals surface area contributed by atoms with Crippen LogP contribution < -0.4 is 5.73 Å². The van der Waals surface area contributed by atoms with Gasteiger partial charge in [0.25, 0.3) is 0 Å². The molecule has 284 valence electrons. The SMILES string of the molecule is CC1CCc2c(ccc3cc(C(/N=C(\N)c4ccccc4)=N/Cc4ccccc4-c4cccc5oc6c(-c7cccc8oc9ccccc9c78)cccc6c45)ccc23)C1. The van der Waals surface area contributed by atoms with Crippen LogP contribution in [-0.4, -0.2) is 11.7 Å². The van der Waals surface area contributed by atoms with Crippen LogP contribution in [0.3, 0.4) is 0 Å². The van der Waals surface area contributed by atoms with E-state index < -0.39 is 0 Å². The maximum Gasteiger partial charge on any atom is 0.157 e. The zero-order valence-corrected chi connectivity index (χ0v) is 32.8. The normalized spacial score (nSPS) is 14.8. The van der Waals surface area contributed by atoms with Gasteiger partial charge >= 0.3 is 0 Å². The van der Waals surface area contributed by atoms with Crippen LogP contribution >= 0.6 is 0 Å². The first kappa shape index (κ1) is 35.0. The Morgan fingerprint density at radius 3 is 2.15 bits per heavy atom. The average molecular weight is 764 g/mol. The lowest BCUT2D eigenvalue weighted by Gasteiger charge is -2.23. The highest BCUT2D eigenvalue weighted by molar-refractivity contribution is 6.19. The van der Waals surface area contributed by atoms with Crippen molar-refractivity contribution in [1.29, 1.82) is 0 Å². The van der Waals surface area contributed by atoms with E-state index in [9.17, 15) is 0 Å². The van der Waals surface area contributed by atoms with Gasteiger partial charge in [0.15, 0.2) is 5.84 Å². The van der Waals surface area contributed by atoms with Crippen molar-refractivity contribution < 1.29 is 8.83 Å². The summed E-state index contributed by atoms with van der Waals surface area (Å²) in [5, 5.41) is 6.83. The Bertz CT molecular complexity index is 3310. The maximum absolute atomic E-state index is 6.80. The third kappa shape index (κ3) is 6.09. The zero-order chi connectivity index (χ0) is 39.5. The molecular weight excluding hydrogens is 723 g/mol. The lowest BCUT2D eigenvalue weighted by atomic mass is 9.82. The number of amidine groups is 2. The fourth-order valence-corrected chi connectivity index (χ4v) is 9.28. The Morgan fingerprint density at radius 2 is 1.27 bits per heavy atom. The molecule has 5 nitrogen and oxygen atoms in total. The Labute approximate surface area is 342 Å². The number of para-hydroxylation sites is 2. The minimum Gasteiger partial charge on any atom is -0.456 e. The Hall–Kier alpha value is -7.24. The number of hydrogen-bond acceptors (Lipinski definition) is 3. The van der Waals surface area contributed by atoms with Crippen molar-refractivity contribution in [1.82, 2.24) is 0 Å². The molecule has 0 fully saturated rings. The van der Waals surface area contributed by atoms with Crippen LogP contribution in [0.2, 0.25) is 0 Å². The van der Waals surface area contributed by atoms with Gasteiger partial charge in [-0.05, 0) is 93.6 Å². The van der Waals surface area contributed by atoms with E-state index in [0.29, 0.717) is 18.2 Å². The number of rotatable bonds is 6. The fourth-order valence-electron chi connectivity index (χ4n) is 9.28. The van der Waals surface area contributed by atoms with Gasteiger partial charge in [0.05, 0.1) is 6.54 Å². The molecule has 0 bridgehead atoms. The smallest absolute Gasteiger partial charge is 0.157 e. The summed E-state index contributed by atoms with van der Waals surface area (Å²) in [6.07, 6.45) is 3.47. The summed E-state index contributed by atoms with van der Waals surface area (Å²) >= 11 is 0. The van der Waals surface area contributed by atoms with Gasteiger partial charge in [0, 0.05) is 38.2 Å². The van der Waals surface area contributed by atoms with E-state index in [-0.39, 0.29) is 0 Å². The number of fused-ring (bicyclic) bond motifs is 9. The highest BCUT2D eigenvalue weighted by atomic mass is 16.3. The number of furan rings is 2. The van der Waals surface area contributed by atoms with E-state index in [4.69, 9.17) is 24.6 Å². The largest absolute Gasteiger partial charge is 0.456 e. The van der Waals surface area contributed by atoms with Gasteiger partial charge in [-0.1, -0.05) is 146 Å². The highest BCUT2D eigenvalue weighted by Crippen LogP contribution is 2.44. The molecule has 11 rings (SSSR count). The summed E-state index contributed by atoms with van der Waals surface area (Å²) in [5.74, 6) is 1.76. The second-order valence-corrected chi connectivity index (χ2v) is 15.9. The van der Waals surface area contributed by atoms with Crippen molar-refractivity contribution in [3.63, 3.8) is 0 Å². The molecule has 0 saturated heterocycles. The van der Waals surface area contributed by atoms with E-state index >= 15 is 0 Å². The predicted molar refractivity (Wildman–Crippen MR) is 244 cm³/mol. The van der Waals surface area contributed by atoms with Crippen LogP contribution in [0, 0.1) is 5.92 Å². The van der Waals surface area contributed by atoms with E-state index in [1.54, 1.807) is 0 Å². The van der Waals surface area contributed by atoms with Gasteiger partial charge in [-0.15, -0.1) is 0 Å². The first-order valence-corrected chi connectivity index (χ1v) is 20.5. The van der Waals surface area contributed by atoms with Crippen LogP contribution in [0.25, 0.3) is 76.9 Å². The summed E-state index contributed by atoms with van der Waals surface area (Å²) in [6, 6.07) is 56.9. The minimum absolute atomic E-state index is 0.407. The Morgan fingerprint density at radius 1 is 0.593 bits per heavy atom. The molecule has 1 unspecified atom stereocenters. The lowest BCUT2D eigenvalue weighted by Crippen LogP contribution is -2.16. The third-order valence-electron chi connectivity index (χ3n) is 12.2. The number of hydrogen-bond donors (Lipinski definition) is 1. The van der Waals surface area contributed by atoms with E-state index in [2.05, 4.69) is 122 Å². The van der Waals surface area contributed by atoms with Gasteiger partial charge in [0.1, 0.15) is 28.2 Å². The monoisotopic (exact) mass is 763 g/mol. The number of aryl methyl sites for hydroxylation is 1. The van der Waals surface area contributed by atoms with Crippen molar-refractivity contribution >= 4 is 66.3 Å². The quantitative estimate of drug-likeness (QED) is 0.135. The van der Waals surface area contributed by atoms with Crippen molar-refractivity contribution in [3.05, 3.63) is 192 Å². The molecule has 0 radical (unpaired) electrons. The molecule has 10 aromatic rings. The molecule has 2 aromatic heterocycles. The average Bonchev–Trinajstić information content (AvgIpc) is 3.87. The lowest BCUT2D eigenvalue weighted by molar-refractivity contribution is 0.503. The molecule has 1 atom stereocenters. The summed E-state index contributed by atoms with van der Waals surface area (Å²) < 4.78 is 13.1. The zero-order valence-electron chi connectivity index (χ0n) is 32.8. The van der Waals surface area contributed by atoms with E-state index in [1.807, 2.05) is 48.5 Å². The number of benzene rings is 8. The fraction of sp³-hybridized carbons (Fsp3) is 0.111. The number of aliphatic imine (C=N–C) groups is 2. The minimum atomic E-state index is 0.407.